The molecule has 0 heterocycles. The molecule has 0 radical (unpaired) electrons. The number of hydrogen-bond acceptors (Lipinski definition) is 2. The fourth-order valence-corrected chi connectivity index (χ4v) is 0.428. The highest BCUT2D eigenvalue weighted by Crippen LogP contribution is 2.08. The molecule has 0 aromatic heterocycles. The number of halogens is 1. The second-order valence-corrected chi connectivity index (χ2v) is 17.7. The molecule has 0 aliphatic rings. The van der Waals surface area contributed by atoms with Crippen LogP contribution in [0.4, 0.5) is 0 Å². The molecule has 88 valence electrons. The summed E-state index contributed by atoms with van der Waals surface area (Å²) in [6.45, 7) is 6.94. The monoisotopic (exact) mass is 340 g/mol. The molecule has 1 aromatic rings. The first-order valence-corrected chi connectivity index (χ1v) is 11.3. The van der Waals surface area contributed by atoms with Gasteiger partial charge in [0.25, 0.3) is 0 Å². The number of phenols is 1. The van der Waals surface area contributed by atoms with Crippen LogP contribution in [0, 0.1) is 0 Å². The van der Waals surface area contributed by atoms with Crippen LogP contribution in [0.1, 0.15) is 0 Å². The van der Waals surface area contributed by atoms with Crippen LogP contribution in [-0.2, 0) is 4.74 Å². The second kappa shape index (κ2) is 10.4. The lowest BCUT2D eigenvalue weighted by atomic mass is 10.3. The molecule has 0 amide bonds. The zero-order chi connectivity index (χ0) is 12.3. The molecule has 2 nitrogen and oxygen atoms in total. The van der Waals surface area contributed by atoms with Crippen molar-refractivity contribution in [3.05, 3.63) is 30.3 Å². The summed E-state index contributed by atoms with van der Waals surface area (Å²) in [6.07, 6.45) is 0. The smallest absolute Gasteiger partial charge is 0.116 e. The van der Waals surface area contributed by atoms with Crippen molar-refractivity contribution in [3.8, 4) is 5.75 Å². The maximum absolute atomic E-state index is 8.63. The van der Waals surface area contributed by atoms with Crippen molar-refractivity contribution in [1.82, 2.24) is 0 Å². The van der Waals surface area contributed by atoms with Gasteiger partial charge in [0, 0.05) is 14.2 Å². The van der Waals surface area contributed by atoms with E-state index in [0.29, 0.717) is 5.75 Å². The Hall–Kier alpha value is -0.0731. The van der Waals surface area contributed by atoms with E-state index in [-0.39, 0.29) is 0 Å². The number of aromatic hydroxyl groups is 1. The summed E-state index contributed by atoms with van der Waals surface area (Å²) in [5.41, 5.74) is -0.641. The minimum atomic E-state index is -0.641. The first-order valence-electron chi connectivity index (χ1n) is 4.64. The van der Waals surface area contributed by atoms with E-state index in [1.165, 1.54) is 0 Å². The summed E-state index contributed by atoms with van der Waals surface area (Å²) < 4.78 is 4.25. The molecule has 0 bridgehead atoms. The van der Waals surface area contributed by atoms with Gasteiger partial charge in [-0.1, -0.05) is 37.8 Å². The molecule has 1 aromatic carbocycles. The zero-order valence-corrected chi connectivity index (χ0v) is 13.3. The lowest BCUT2D eigenvalue weighted by Gasteiger charge is -1.98. The van der Waals surface area contributed by atoms with Crippen molar-refractivity contribution in [2.75, 3.05) is 14.2 Å². The van der Waals surface area contributed by atoms with E-state index in [1.807, 2.05) is 6.07 Å². The summed E-state index contributed by atoms with van der Waals surface area (Å²) >= 11 is 2.52. The van der Waals surface area contributed by atoms with Crippen LogP contribution in [0.5, 0.6) is 5.75 Å². The van der Waals surface area contributed by atoms with Crippen molar-refractivity contribution in [2.24, 2.45) is 0 Å². The summed E-state index contributed by atoms with van der Waals surface area (Å²) in [7, 11) is 3.25. The number of rotatable bonds is 0. The summed E-state index contributed by atoms with van der Waals surface area (Å²) in [5.74, 6) is 0.322. The van der Waals surface area contributed by atoms with Crippen LogP contribution >= 0.6 is 21.8 Å². The van der Waals surface area contributed by atoms with Gasteiger partial charge < -0.3 is 9.84 Å². The largest absolute Gasteiger partial charge is 0.508 e. The molecule has 15 heavy (non-hydrogen) atoms. The molecule has 4 heteroatoms. The number of hydrogen-bond donors (Lipinski definition) is 1. The van der Waals surface area contributed by atoms with Crippen LogP contribution in [0.3, 0.4) is 0 Å². The summed E-state index contributed by atoms with van der Waals surface area (Å²) in [5, 5.41) is 8.63. The minimum Gasteiger partial charge on any atom is -0.508 e. The number of ether oxygens (including phenoxy) is 1. The van der Waals surface area contributed by atoms with Crippen LogP contribution in [0.25, 0.3) is 0 Å². The molecule has 0 saturated carbocycles. The molecule has 0 saturated heterocycles. The number of methoxy groups -OCH3 is 1. The van der Waals surface area contributed by atoms with Gasteiger partial charge in [0.05, 0.1) is 0 Å². The third-order valence-corrected chi connectivity index (χ3v) is 0.756. The third kappa shape index (κ3) is 31.5. The molecule has 0 fully saturated rings. The zero-order valence-electron chi connectivity index (χ0n) is 10.1. The molecule has 0 unspecified atom stereocenters. The van der Waals surface area contributed by atoms with Crippen molar-refractivity contribution in [2.45, 2.75) is 19.6 Å². The Bertz CT molecular complexity index is 216. The van der Waals surface area contributed by atoms with Gasteiger partial charge in [-0.3, -0.25) is 0 Å². The van der Waals surface area contributed by atoms with Gasteiger partial charge in [0.15, 0.2) is 0 Å². The van der Waals surface area contributed by atoms with E-state index in [2.05, 4.69) is 46.2 Å². The van der Waals surface area contributed by atoms with Gasteiger partial charge in [-0.25, -0.2) is 0 Å². The Balaban J connectivity index is 0. The molecular formula is C11H21IO2Si. The Labute approximate surface area is 107 Å². The van der Waals surface area contributed by atoms with Gasteiger partial charge in [-0.05, 0) is 12.1 Å². The van der Waals surface area contributed by atoms with E-state index >= 15 is 0 Å². The highest BCUT2D eigenvalue weighted by atomic mass is 127. The van der Waals surface area contributed by atoms with Crippen LogP contribution in [-0.4, -0.2) is 24.9 Å². The lowest BCUT2D eigenvalue weighted by molar-refractivity contribution is 0.277. The maximum Gasteiger partial charge on any atom is 0.116 e. The van der Waals surface area contributed by atoms with E-state index in [4.69, 9.17) is 5.11 Å². The molecule has 0 aliphatic carbocycles. The first kappa shape index (κ1) is 17.3. The predicted molar refractivity (Wildman–Crippen MR) is 78.4 cm³/mol. The average molecular weight is 340 g/mol. The third-order valence-electron chi connectivity index (χ3n) is 0.756. The fraction of sp³-hybridized carbons (Fsp3) is 0.455. The molecule has 0 spiro atoms. The van der Waals surface area contributed by atoms with Gasteiger partial charge in [0.1, 0.15) is 11.3 Å². The number of phenolic OH excluding ortho intramolecular Hbond substituents is 1. The van der Waals surface area contributed by atoms with E-state index in [0.717, 1.165) is 0 Å². The number of benzene rings is 1. The minimum absolute atomic E-state index is 0.322. The van der Waals surface area contributed by atoms with Gasteiger partial charge in [-0.15, -0.1) is 21.8 Å². The lowest BCUT2D eigenvalue weighted by Crippen LogP contribution is -2.05. The molecule has 1 N–H and O–H groups in total. The van der Waals surface area contributed by atoms with Crippen molar-refractivity contribution >= 4 is 27.4 Å². The molecule has 0 atom stereocenters. The highest BCUT2D eigenvalue weighted by molar-refractivity contribution is 14.1. The van der Waals surface area contributed by atoms with Crippen LogP contribution in [0.2, 0.25) is 19.6 Å². The Morgan fingerprint density at radius 3 is 1.47 bits per heavy atom. The predicted octanol–water partition coefficient (Wildman–Crippen LogP) is 3.91. The molecule has 1 rings (SSSR count). The van der Waals surface area contributed by atoms with Crippen molar-refractivity contribution in [3.63, 3.8) is 0 Å². The Morgan fingerprint density at radius 1 is 1.07 bits per heavy atom. The first-order chi connectivity index (χ1) is 6.81. The summed E-state index contributed by atoms with van der Waals surface area (Å²) in [6, 6.07) is 8.71. The van der Waals surface area contributed by atoms with E-state index < -0.39 is 5.57 Å². The average Bonchev–Trinajstić information content (AvgIpc) is 2.03. The maximum atomic E-state index is 8.63. The Kier molecular flexibility index (Phi) is 12.1. The van der Waals surface area contributed by atoms with Crippen LogP contribution in [0.15, 0.2) is 30.3 Å². The van der Waals surface area contributed by atoms with Crippen molar-refractivity contribution < 1.29 is 9.84 Å². The van der Waals surface area contributed by atoms with Crippen molar-refractivity contribution in [1.29, 1.82) is 0 Å². The topological polar surface area (TPSA) is 29.5 Å². The molecule has 0 aliphatic heterocycles. The van der Waals surface area contributed by atoms with E-state index in [9.17, 15) is 0 Å². The highest BCUT2D eigenvalue weighted by Gasteiger charge is 2.02. The number of para-hydroxylation sites is 1. The Morgan fingerprint density at radius 2 is 1.33 bits per heavy atom. The SMILES string of the molecule is COC.C[Si](C)(C)I.Oc1ccccc1. The molecular weight excluding hydrogens is 319 g/mol. The van der Waals surface area contributed by atoms with Gasteiger partial charge in [0.2, 0.25) is 0 Å². The quantitative estimate of drug-likeness (QED) is 0.441. The summed E-state index contributed by atoms with van der Waals surface area (Å²) in [4.78, 5) is 0. The van der Waals surface area contributed by atoms with Crippen LogP contribution < -0.4 is 0 Å². The van der Waals surface area contributed by atoms with Gasteiger partial charge >= 0.3 is 0 Å². The second-order valence-electron chi connectivity index (χ2n) is 3.81. The van der Waals surface area contributed by atoms with Gasteiger partial charge in [-0.2, -0.15) is 0 Å². The normalized spacial score (nSPS) is 9.20. The standard InChI is InChI=1S/C6H6O.C3H9ISi.C2H6O/c7-6-4-2-1-3-5-6;1-5(2,3)4;1-3-2/h1-5,7H;1-3H3;1-2H3. The van der Waals surface area contributed by atoms with E-state index in [1.54, 1.807) is 38.5 Å². The fourth-order valence-electron chi connectivity index (χ4n) is 0.428.